The minimum absolute atomic E-state index is 0.0153. The number of nitrogens with one attached hydrogen (secondary N) is 1. The van der Waals surface area contributed by atoms with Crippen molar-refractivity contribution in [2.45, 2.75) is 44.9 Å². The Morgan fingerprint density at radius 2 is 1.91 bits per heavy atom. The highest BCUT2D eigenvalue weighted by atomic mass is 16.1. The molecular formula is C24H26N6O2. The molecule has 8 heteroatoms. The molecule has 1 unspecified atom stereocenters. The fourth-order valence-corrected chi connectivity index (χ4v) is 5.02. The summed E-state index contributed by atoms with van der Waals surface area (Å²) in [6, 6.07) is 11.3. The van der Waals surface area contributed by atoms with E-state index in [1.54, 1.807) is 39.6 Å². The third-order valence-electron chi connectivity index (χ3n) is 6.71. The fourth-order valence-electron chi connectivity index (χ4n) is 5.02. The van der Waals surface area contributed by atoms with Gasteiger partial charge in [0.2, 0.25) is 0 Å². The van der Waals surface area contributed by atoms with E-state index in [2.05, 4.69) is 21.3 Å². The summed E-state index contributed by atoms with van der Waals surface area (Å²) in [5.74, 6) is 0. The van der Waals surface area contributed by atoms with Crippen LogP contribution in [0.15, 0.2) is 46.1 Å². The van der Waals surface area contributed by atoms with Crippen molar-refractivity contribution in [2.24, 2.45) is 0 Å². The zero-order chi connectivity index (χ0) is 22.2. The number of aryl methyl sites for hydroxylation is 1. The topological polar surface area (TPSA) is 95.9 Å². The molecule has 5 rings (SSSR count). The van der Waals surface area contributed by atoms with Gasteiger partial charge in [0.1, 0.15) is 17.4 Å². The van der Waals surface area contributed by atoms with Crippen LogP contribution >= 0.6 is 0 Å². The summed E-state index contributed by atoms with van der Waals surface area (Å²) in [4.78, 5) is 31.6. The lowest BCUT2D eigenvalue weighted by Crippen LogP contribution is -2.44. The zero-order valence-electron chi connectivity index (χ0n) is 18.1. The van der Waals surface area contributed by atoms with Gasteiger partial charge in [-0.05, 0) is 56.1 Å². The first-order valence-electron chi connectivity index (χ1n) is 11.1. The van der Waals surface area contributed by atoms with Gasteiger partial charge in [0.05, 0.1) is 6.04 Å². The van der Waals surface area contributed by atoms with Crippen LogP contribution in [0.1, 0.15) is 35.7 Å². The van der Waals surface area contributed by atoms with Gasteiger partial charge >= 0.3 is 0 Å². The Morgan fingerprint density at radius 1 is 1.16 bits per heavy atom. The van der Waals surface area contributed by atoms with Crippen molar-refractivity contribution < 1.29 is 0 Å². The summed E-state index contributed by atoms with van der Waals surface area (Å²) in [5.41, 5.74) is 3.14. The van der Waals surface area contributed by atoms with Crippen LogP contribution in [0.5, 0.6) is 0 Å². The average Bonchev–Trinajstić information content (AvgIpc) is 3.19. The van der Waals surface area contributed by atoms with E-state index in [4.69, 9.17) is 5.26 Å². The lowest BCUT2D eigenvalue weighted by atomic mass is 10.0. The summed E-state index contributed by atoms with van der Waals surface area (Å²) < 4.78 is 3.55. The molecule has 32 heavy (non-hydrogen) atoms. The molecule has 0 radical (unpaired) electrons. The summed E-state index contributed by atoms with van der Waals surface area (Å²) in [7, 11) is 0. The predicted octanol–water partition coefficient (Wildman–Crippen LogP) is 1.55. The molecule has 2 aliphatic rings. The number of nitrogens with zero attached hydrogens (tertiary/aromatic N) is 5. The summed E-state index contributed by atoms with van der Waals surface area (Å²) >= 11 is 0. The lowest BCUT2D eigenvalue weighted by molar-refractivity contribution is 0.171. The maximum absolute atomic E-state index is 12.6. The number of pyridine rings is 3. The molecule has 3 aromatic rings. The van der Waals surface area contributed by atoms with Crippen molar-refractivity contribution in [1.29, 1.82) is 5.26 Å². The Kier molecular flexibility index (Phi) is 5.37. The lowest BCUT2D eigenvalue weighted by Gasteiger charge is -2.34. The number of hydrogen-bond acceptors (Lipinski definition) is 6. The van der Waals surface area contributed by atoms with Gasteiger partial charge in [-0.3, -0.25) is 18.7 Å². The standard InChI is InChI=1S/C24H26N6O2/c1-16-10-17(13-27-21(16)11-25)12-26-19-6-8-28(9-7-19)14-20-15-29-22(31)4-2-18-3-5-23(32)30(20)24(18)29/h2-5,10,13,19-20,26H,6-9,12,14-15H2,1H3. The first-order chi connectivity index (χ1) is 15.5. The highest BCUT2D eigenvalue weighted by Crippen LogP contribution is 2.25. The smallest absolute Gasteiger partial charge is 0.252 e. The van der Waals surface area contributed by atoms with Gasteiger partial charge in [-0.2, -0.15) is 5.26 Å². The van der Waals surface area contributed by atoms with E-state index in [-0.39, 0.29) is 17.2 Å². The van der Waals surface area contributed by atoms with E-state index in [1.165, 1.54) is 0 Å². The summed E-state index contributed by atoms with van der Waals surface area (Å²) in [6.45, 7) is 5.88. The van der Waals surface area contributed by atoms with E-state index in [0.717, 1.165) is 61.2 Å². The van der Waals surface area contributed by atoms with Gasteiger partial charge in [-0.25, -0.2) is 4.98 Å². The molecule has 0 aromatic carbocycles. The summed E-state index contributed by atoms with van der Waals surface area (Å²) in [6.07, 6.45) is 3.83. The normalized spacial score (nSPS) is 18.8. The second-order valence-electron chi connectivity index (χ2n) is 8.83. The highest BCUT2D eigenvalue weighted by molar-refractivity contribution is 5.76. The Hall–Kier alpha value is -3.28. The van der Waals surface area contributed by atoms with Gasteiger partial charge in [0, 0.05) is 49.4 Å². The molecule has 5 heterocycles. The molecule has 3 aromatic heterocycles. The molecule has 8 nitrogen and oxygen atoms in total. The minimum Gasteiger partial charge on any atom is -0.310 e. The van der Waals surface area contributed by atoms with Crippen molar-refractivity contribution in [1.82, 2.24) is 24.3 Å². The first-order valence-corrected chi connectivity index (χ1v) is 11.1. The summed E-state index contributed by atoms with van der Waals surface area (Å²) in [5, 5.41) is 13.6. The largest absolute Gasteiger partial charge is 0.310 e. The van der Waals surface area contributed by atoms with Crippen LogP contribution in [0.2, 0.25) is 0 Å². The number of likely N-dealkylation sites (tertiary alicyclic amines) is 1. The Balaban J connectivity index is 1.20. The van der Waals surface area contributed by atoms with Gasteiger partial charge in [0.15, 0.2) is 0 Å². The van der Waals surface area contributed by atoms with Crippen molar-refractivity contribution >= 4 is 11.0 Å². The van der Waals surface area contributed by atoms with E-state index >= 15 is 0 Å². The predicted molar refractivity (Wildman–Crippen MR) is 121 cm³/mol. The van der Waals surface area contributed by atoms with E-state index in [1.807, 2.05) is 13.0 Å². The molecule has 1 atom stereocenters. The Labute approximate surface area is 185 Å². The second-order valence-corrected chi connectivity index (χ2v) is 8.83. The maximum atomic E-state index is 12.6. The molecule has 164 valence electrons. The second kappa shape index (κ2) is 8.34. The molecule has 1 N–H and O–H groups in total. The Bertz CT molecular complexity index is 1320. The van der Waals surface area contributed by atoms with Crippen molar-refractivity contribution in [3.63, 3.8) is 0 Å². The van der Waals surface area contributed by atoms with Gasteiger partial charge in [-0.15, -0.1) is 0 Å². The minimum atomic E-state index is -0.0465. The van der Waals surface area contributed by atoms with E-state index in [0.29, 0.717) is 18.3 Å². The molecule has 0 spiro atoms. The molecule has 0 saturated carbocycles. The number of aromatic nitrogens is 3. The number of hydrogen-bond donors (Lipinski definition) is 1. The fraction of sp³-hybridized carbons (Fsp3) is 0.417. The maximum Gasteiger partial charge on any atom is 0.252 e. The number of rotatable bonds is 5. The van der Waals surface area contributed by atoms with Crippen LogP contribution in [-0.2, 0) is 13.1 Å². The van der Waals surface area contributed by atoms with Gasteiger partial charge in [-0.1, -0.05) is 6.07 Å². The van der Waals surface area contributed by atoms with Crippen LogP contribution in [-0.4, -0.2) is 44.7 Å². The molecular weight excluding hydrogens is 404 g/mol. The zero-order valence-corrected chi connectivity index (χ0v) is 18.1. The molecule has 2 aliphatic heterocycles. The molecule has 0 bridgehead atoms. The van der Waals surface area contributed by atoms with Crippen LogP contribution in [0.4, 0.5) is 0 Å². The van der Waals surface area contributed by atoms with Crippen LogP contribution in [0.25, 0.3) is 11.0 Å². The molecule has 1 saturated heterocycles. The average molecular weight is 431 g/mol. The molecule has 0 aliphatic carbocycles. The highest BCUT2D eigenvalue weighted by Gasteiger charge is 2.29. The van der Waals surface area contributed by atoms with Gasteiger partial charge in [0.25, 0.3) is 11.1 Å². The SMILES string of the molecule is Cc1cc(CNC2CCN(CC3Cn4c(=O)ccc5ccc(=O)n3c54)CC2)cnc1C#N. The molecule has 1 fully saturated rings. The van der Waals surface area contributed by atoms with Crippen LogP contribution in [0.3, 0.4) is 0 Å². The number of piperidine rings is 1. The van der Waals surface area contributed by atoms with Crippen molar-refractivity contribution in [3.8, 4) is 6.07 Å². The van der Waals surface area contributed by atoms with Crippen LogP contribution in [0, 0.1) is 18.3 Å². The van der Waals surface area contributed by atoms with Gasteiger partial charge < -0.3 is 10.2 Å². The monoisotopic (exact) mass is 430 g/mol. The quantitative estimate of drug-likeness (QED) is 0.660. The van der Waals surface area contributed by atoms with Crippen molar-refractivity contribution in [2.75, 3.05) is 19.6 Å². The van der Waals surface area contributed by atoms with E-state index < -0.39 is 0 Å². The first kappa shape index (κ1) is 20.6. The Morgan fingerprint density at radius 3 is 2.62 bits per heavy atom. The van der Waals surface area contributed by atoms with E-state index in [9.17, 15) is 9.59 Å². The molecule has 0 amide bonds. The number of nitriles is 1. The van der Waals surface area contributed by atoms with Crippen LogP contribution < -0.4 is 16.4 Å². The van der Waals surface area contributed by atoms with Crippen molar-refractivity contribution in [3.05, 3.63) is 74.1 Å². The third kappa shape index (κ3) is 3.74. The third-order valence-corrected chi connectivity index (χ3v) is 6.71.